The Morgan fingerprint density at radius 2 is 1.74 bits per heavy atom. The van der Waals surface area contributed by atoms with E-state index in [1.165, 1.54) is 6.07 Å². The average molecular weight is 299 g/mol. The predicted octanol–water partition coefficient (Wildman–Crippen LogP) is 3.80. The first-order valence-corrected chi connectivity index (χ1v) is 8.29. The van der Waals surface area contributed by atoms with Crippen molar-refractivity contribution in [1.29, 1.82) is 0 Å². The molecule has 0 saturated carbocycles. The van der Waals surface area contributed by atoms with Crippen LogP contribution in [0.1, 0.15) is 13.8 Å². The Labute approximate surface area is 117 Å². The van der Waals surface area contributed by atoms with Crippen molar-refractivity contribution < 1.29 is 13.2 Å². The van der Waals surface area contributed by atoms with Crippen LogP contribution < -0.4 is 4.74 Å². The molecule has 0 aromatic heterocycles. The highest BCUT2D eigenvalue weighted by molar-refractivity contribution is 8.14. The SMILES string of the molecule is CC(C)COc1ccc(S(=O)(=O)Cl)c2ccccc12. The van der Waals surface area contributed by atoms with Gasteiger partial charge in [-0.15, -0.1) is 0 Å². The minimum Gasteiger partial charge on any atom is -0.493 e. The maximum absolute atomic E-state index is 11.5. The van der Waals surface area contributed by atoms with Gasteiger partial charge in [0, 0.05) is 21.5 Å². The van der Waals surface area contributed by atoms with Gasteiger partial charge in [0.05, 0.1) is 11.5 Å². The van der Waals surface area contributed by atoms with Crippen molar-refractivity contribution in [3.05, 3.63) is 36.4 Å². The van der Waals surface area contributed by atoms with E-state index in [-0.39, 0.29) is 4.90 Å². The fourth-order valence-electron chi connectivity index (χ4n) is 1.84. The summed E-state index contributed by atoms with van der Waals surface area (Å²) in [7, 11) is 1.69. The van der Waals surface area contributed by atoms with Crippen molar-refractivity contribution >= 4 is 30.5 Å². The topological polar surface area (TPSA) is 43.4 Å². The molecule has 0 atom stereocenters. The third-order valence-corrected chi connectivity index (χ3v) is 4.06. The molecule has 0 amide bonds. The molecule has 102 valence electrons. The molecule has 3 nitrogen and oxygen atoms in total. The van der Waals surface area contributed by atoms with E-state index in [4.69, 9.17) is 15.4 Å². The fourth-order valence-corrected chi connectivity index (χ4v) is 2.91. The number of benzene rings is 2. The Balaban J connectivity index is 2.59. The van der Waals surface area contributed by atoms with Gasteiger partial charge in [-0.3, -0.25) is 0 Å². The summed E-state index contributed by atoms with van der Waals surface area (Å²) in [6, 6.07) is 10.3. The highest BCUT2D eigenvalue weighted by atomic mass is 35.7. The average Bonchev–Trinajstić information content (AvgIpc) is 2.34. The molecule has 0 N–H and O–H groups in total. The van der Waals surface area contributed by atoms with Gasteiger partial charge in [0.15, 0.2) is 0 Å². The second-order valence-corrected chi connectivity index (χ2v) is 7.28. The Kier molecular flexibility index (Phi) is 4.02. The molecule has 2 aromatic carbocycles. The molecule has 2 rings (SSSR count). The summed E-state index contributed by atoms with van der Waals surface area (Å²) in [5, 5.41) is 1.34. The lowest BCUT2D eigenvalue weighted by atomic mass is 10.1. The van der Waals surface area contributed by atoms with Crippen molar-refractivity contribution in [1.82, 2.24) is 0 Å². The number of fused-ring (bicyclic) bond motifs is 1. The van der Waals surface area contributed by atoms with Gasteiger partial charge in [0.2, 0.25) is 0 Å². The summed E-state index contributed by atoms with van der Waals surface area (Å²) >= 11 is 0. The highest BCUT2D eigenvalue weighted by Crippen LogP contribution is 2.32. The monoisotopic (exact) mass is 298 g/mol. The minimum absolute atomic E-state index is 0.113. The van der Waals surface area contributed by atoms with Crippen molar-refractivity contribution in [2.24, 2.45) is 5.92 Å². The molecule has 19 heavy (non-hydrogen) atoms. The lowest BCUT2D eigenvalue weighted by molar-refractivity contribution is 0.274. The van der Waals surface area contributed by atoms with Crippen LogP contribution in [-0.2, 0) is 9.05 Å². The number of hydrogen-bond donors (Lipinski definition) is 0. The van der Waals surface area contributed by atoms with Crippen molar-refractivity contribution in [2.75, 3.05) is 6.61 Å². The van der Waals surface area contributed by atoms with E-state index in [0.29, 0.717) is 23.7 Å². The Hall–Kier alpha value is -1.26. The van der Waals surface area contributed by atoms with Gasteiger partial charge in [-0.25, -0.2) is 8.42 Å². The number of ether oxygens (including phenoxy) is 1. The molecule has 0 radical (unpaired) electrons. The maximum Gasteiger partial charge on any atom is 0.261 e. The van der Waals surface area contributed by atoms with Gasteiger partial charge >= 0.3 is 0 Å². The lowest BCUT2D eigenvalue weighted by Crippen LogP contribution is -2.05. The minimum atomic E-state index is -3.76. The van der Waals surface area contributed by atoms with Crippen LogP contribution in [0.15, 0.2) is 41.3 Å². The third-order valence-electron chi connectivity index (χ3n) is 2.68. The van der Waals surface area contributed by atoms with Crippen molar-refractivity contribution in [3.63, 3.8) is 0 Å². The number of halogens is 1. The fraction of sp³-hybridized carbons (Fsp3) is 0.286. The molecule has 0 heterocycles. The van der Waals surface area contributed by atoms with Crippen molar-refractivity contribution in [3.8, 4) is 5.75 Å². The van der Waals surface area contributed by atoms with E-state index < -0.39 is 9.05 Å². The summed E-state index contributed by atoms with van der Waals surface area (Å²) < 4.78 is 28.8. The van der Waals surface area contributed by atoms with Crippen LogP contribution >= 0.6 is 10.7 Å². The third kappa shape index (κ3) is 3.19. The van der Waals surface area contributed by atoms with Gasteiger partial charge in [0.1, 0.15) is 5.75 Å². The second-order valence-electron chi connectivity index (χ2n) is 4.75. The summed E-state index contributed by atoms with van der Waals surface area (Å²) in [6.07, 6.45) is 0. The normalized spacial score (nSPS) is 12.0. The van der Waals surface area contributed by atoms with E-state index in [1.54, 1.807) is 18.2 Å². The van der Waals surface area contributed by atoms with E-state index in [1.807, 2.05) is 12.1 Å². The molecular formula is C14H15ClO3S. The van der Waals surface area contributed by atoms with Crippen molar-refractivity contribution in [2.45, 2.75) is 18.7 Å². The van der Waals surface area contributed by atoms with E-state index in [2.05, 4.69) is 13.8 Å². The number of rotatable bonds is 4. The molecule has 0 unspecified atom stereocenters. The lowest BCUT2D eigenvalue weighted by Gasteiger charge is -2.12. The van der Waals surface area contributed by atoms with E-state index in [0.717, 1.165) is 5.39 Å². The van der Waals surface area contributed by atoms with E-state index in [9.17, 15) is 8.42 Å². The van der Waals surface area contributed by atoms with Gasteiger partial charge < -0.3 is 4.74 Å². The molecule has 0 aliphatic carbocycles. The molecule has 0 saturated heterocycles. The Morgan fingerprint density at radius 3 is 2.32 bits per heavy atom. The van der Waals surface area contributed by atoms with Crippen LogP contribution in [0.5, 0.6) is 5.75 Å². The smallest absolute Gasteiger partial charge is 0.261 e. The highest BCUT2D eigenvalue weighted by Gasteiger charge is 2.16. The summed E-state index contributed by atoms with van der Waals surface area (Å²) in [4.78, 5) is 0.113. The van der Waals surface area contributed by atoms with Crippen LogP contribution in [0.3, 0.4) is 0 Å². The molecule has 0 aliphatic rings. The second kappa shape index (κ2) is 5.39. The molecule has 5 heteroatoms. The zero-order valence-corrected chi connectivity index (χ0v) is 12.3. The number of hydrogen-bond acceptors (Lipinski definition) is 3. The van der Waals surface area contributed by atoms with Gasteiger partial charge in [-0.05, 0) is 18.1 Å². The molecule has 0 bridgehead atoms. The van der Waals surface area contributed by atoms with Gasteiger partial charge in [-0.1, -0.05) is 38.1 Å². The van der Waals surface area contributed by atoms with Crippen LogP contribution in [-0.4, -0.2) is 15.0 Å². The molecule has 0 aliphatic heterocycles. The molecule has 0 fully saturated rings. The van der Waals surface area contributed by atoms with Crippen LogP contribution in [0.2, 0.25) is 0 Å². The first-order chi connectivity index (χ1) is 8.89. The van der Waals surface area contributed by atoms with Gasteiger partial charge in [-0.2, -0.15) is 0 Å². The molecule has 2 aromatic rings. The predicted molar refractivity (Wildman–Crippen MR) is 77.3 cm³/mol. The van der Waals surface area contributed by atoms with E-state index >= 15 is 0 Å². The molecule has 0 spiro atoms. The summed E-state index contributed by atoms with van der Waals surface area (Å²) in [5.41, 5.74) is 0. The first kappa shape index (κ1) is 14.2. The largest absolute Gasteiger partial charge is 0.493 e. The first-order valence-electron chi connectivity index (χ1n) is 5.99. The zero-order chi connectivity index (χ0) is 14.0. The maximum atomic E-state index is 11.5. The Bertz CT molecular complexity index is 693. The van der Waals surface area contributed by atoms with Gasteiger partial charge in [0.25, 0.3) is 9.05 Å². The quantitative estimate of drug-likeness (QED) is 0.806. The summed E-state index contributed by atoms with van der Waals surface area (Å²) in [6.45, 7) is 4.69. The zero-order valence-electron chi connectivity index (χ0n) is 10.8. The van der Waals surface area contributed by atoms with Crippen LogP contribution in [0.4, 0.5) is 0 Å². The Morgan fingerprint density at radius 1 is 1.11 bits per heavy atom. The standard InChI is InChI=1S/C14H15ClO3S/c1-10(2)9-18-13-7-8-14(19(15,16)17)12-6-4-3-5-11(12)13/h3-8,10H,9H2,1-2H3. The van der Waals surface area contributed by atoms with Crippen LogP contribution in [0.25, 0.3) is 10.8 Å². The van der Waals surface area contributed by atoms with Crippen LogP contribution in [0, 0.1) is 5.92 Å². The molecular weight excluding hydrogens is 284 g/mol. The summed E-state index contributed by atoms with van der Waals surface area (Å²) in [5.74, 6) is 1.07.